The monoisotopic (exact) mass is 943 g/mol. The topological polar surface area (TPSA) is 380 Å². The van der Waals surface area contributed by atoms with E-state index in [0.29, 0.717) is 51.9 Å². The fourth-order valence-electron chi connectivity index (χ4n) is 8.19. The average molecular weight is 942 g/mol. The molecule has 4 saturated heterocycles. The Kier molecular flexibility index (Phi) is 26.6. The van der Waals surface area contributed by atoms with Gasteiger partial charge < -0.3 is 86.2 Å². The van der Waals surface area contributed by atoms with E-state index in [0.717, 1.165) is 25.7 Å². The van der Waals surface area contributed by atoms with Crippen molar-refractivity contribution in [3.63, 3.8) is 0 Å². The fraction of sp³-hybridized carbons (Fsp3) is 0.784. The maximum absolute atomic E-state index is 12.1. The summed E-state index contributed by atoms with van der Waals surface area (Å²) in [6.07, 6.45) is 5.42. The normalized spacial score (nSPS) is 21.5. The van der Waals surface area contributed by atoms with Gasteiger partial charge in [-0.2, -0.15) is 0 Å². The maximum atomic E-state index is 12.1. The summed E-state index contributed by atoms with van der Waals surface area (Å²) in [6, 6.07) is -3.19. The first-order chi connectivity index (χ1) is 30.8. The number of hydrogen-bond donors (Lipinski definition) is 13. The van der Waals surface area contributed by atoms with Gasteiger partial charge in [-0.3, -0.25) is 38.4 Å². The Hall–Kier alpha value is -4.34. The third-order valence-corrected chi connectivity index (χ3v) is 11.2. The molecule has 8 atom stereocenters. The van der Waals surface area contributed by atoms with Gasteiger partial charge in [-0.15, -0.1) is 0 Å². The molecule has 8 amide bonds. The number of hydrogen-bond acceptors (Lipinski definition) is 17. The molecule has 0 aliphatic carbocycles. The summed E-state index contributed by atoms with van der Waals surface area (Å²) in [5.74, 6) is -4.67. The molecule has 0 saturated carbocycles. The van der Waals surface area contributed by atoms with Gasteiger partial charge in [0, 0.05) is 59.8 Å². The summed E-state index contributed by atoms with van der Waals surface area (Å²) in [4.78, 5) is 96.9. The van der Waals surface area contributed by atoms with Crippen molar-refractivity contribution < 1.29 is 83.7 Å². The van der Waals surface area contributed by atoms with Crippen molar-refractivity contribution >= 4 is 75.5 Å². The first-order valence-corrected chi connectivity index (χ1v) is 22.1. The number of carbonyl (C=O) groups excluding carboxylic acids is 8. The van der Waals surface area contributed by atoms with E-state index in [1.54, 1.807) is 25.6 Å². The molecule has 4 unspecified atom stereocenters. The second kappa shape index (κ2) is 29.4. The summed E-state index contributed by atoms with van der Waals surface area (Å²) in [7, 11) is -4.63. The molecule has 4 heterocycles. The van der Waals surface area contributed by atoms with Gasteiger partial charge in [-0.25, -0.2) is 0 Å². The Bertz CT molecular complexity index is 1510. The van der Waals surface area contributed by atoms with Crippen molar-refractivity contribution in [3.05, 3.63) is 0 Å². The standard InChI is InChI=1S/C10H19BN2O4.C9H17BN2O5.2C9H17BN2O4/c1-7(15)12-8(6-14)10(16)13-5-3-4-9(13)11(2)17;1-6(14)11-7(5-13)9(15)12-4-2-3-8(12)10(16)17;2*1-6(11-7(2)13)9(14)12-5-3-4-8(12)10(15)16/h8-9,14,17H,3-6H2,1-2H3,(H,12,15);7-8,13,16-17H,2-5H2,1H3,(H,11,14);2*6,8,15-16H,3-5H2,1-2H3,(H,11,13)/t8-,9?;7-,8?;2*6-,8?/m1010/s1. The van der Waals surface area contributed by atoms with Gasteiger partial charge in [0.1, 0.15) is 24.2 Å². The van der Waals surface area contributed by atoms with Crippen LogP contribution in [0.2, 0.25) is 6.82 Å². The van der Waals surface area contributed by atoms with Crippen LogP contribution in [0.4, 0.5) is 0 Å². The summed E-state index contributed by atoms with van der Waals surface area (Å²) in [6.45, 7) is 10.5. The molecule has 4 aliphatic rings. The molecule has 0 aromatic carbocycles. The SMILES string of the molecule is CB(O)C1CCCN1C(=O)[C@@H](CO)NC(C)=O.CC(=O)N[C@@H](C)C(=O)N1CCCC1B(O)O.CC(=O)N[C@@H](CO)C(=O)N1CCCC1B(O)O.CC(=O)N[C@H](C)C(=O)N1CCCC1B(O)O. The van der Waals surface area contributed by atoms with Gasteiger partial charge in [0.05, 0.1) is 31.0 Å². The Labute approximate surface area is 386 Å². The number of aliphatic hydroxyl groups excluding tert-OH is 2. The van der Waals surface area contributed by atoms with Crippen LogP contribution < -0.4 is 21.3 Å². The van der Waals surface area contributed by atoms with Crippen LogP contribution in [0.3, 0.4) is 0 Å². The van der Waals surface area contributed by atoms with Crippen molar-refractivity contribution in [3.8, 4) is 0 Å². The minimum atomic E-state index is -1.60. The van der Waals surface area contributed by atoms with Crippen LogP contribution in [0.5, 0.6) is 0 Å². The number of nitrogens with one attached hydrogen (secondary N) is 4. The highest BCUT2D eigenvalue weighted by Gasteiger charge is 2.41. The maximum Gasteiger partial charge on any atom is 0.475 e. The first kappa shape index (κ1) is 59.7. The van der Waals surface area contributed by atoms with E-state index in [9.17, 15) is 43.4 Å². The molecule has 4 fully saturated rings. The Balaban J connectivity index is 0.000000440. The van der Waals surface area contributed by atoms with E-state index in [2.05, 4.69) is 21.3 Å². The largest absolute Gasteiger partial charge is 0.475 e. The molecule has 372 valence electrons. The van der Waals surface area contributed by atoms with Gasteiger partial charge in [-0.1, -0.05) is 6.82 Å². The van der Waals surface area contributed by atoms with Gasteiger partial charge in [0.2, 0.25) is 47.3 Å². The minimum Gasteiger partial charge on any atom is -0.449 e. The van der Waals surface area contributed by atoms with Crippen LogP contribution in [0.15, 0.2) is 0 Å². The number of amides is 8. The predicted octanol–water partition coefficient (Wildman–Crippen LogP) is -6.86. The zero-order valence-corrected chi connectivity index (χ0v) is 38.9. The minimum absolute atomic E-state index is 0.217. The molecule has 29 heteroatoms. The van der Waals surface area contributed by atoms with E-state index in [1.165, 1.54) is 42.4 Å². The second-order valence-electron chi connectivity index (χ2n) is 16.7. The molecule has 0 radical (unpaired) electrons. The lowest BCUT2D eigenvalue weighted by Gasteiger charge is -2.28. The zero-order valence-electron chi connectivity index (χ0n) is 38.9. The van der Waals surface area contributed by atoms with E-state index >= 15 is 0 Å². The number of carbonyl (C=O) groups is 8. The molecule has 4 rings (SSSR count). The van der Waals surface area contributed by atoms with E-state index in [-0.39, 0.29) is 41.4 Å². The zero-order chi connectivity index (χ0) is 50.6. The second-order valence-corrected chi connectivity index (χ2v) is 16.7. The number of nitrogens with zero attached hydrogens (tertiary/aromatic N) is 4. The lowest BCUT2D eigenvalue weighted by molar-refractivity contribution is -0.137. The first-order valence-electron chi connectivity index (χ1n) is 22.1. The molecule has 25 nitrogen and oxygen atoms in total. The van der Waals surface area contributed by atoms with E-state index < -0.39 is 95.3 Å². The van der Waals surface area contributed by atoms with Gasteiger partial charge in [0.25, 0.3) is 0 Å². The van der Waals surface area contributed by atoms with Crippen molar-refractivity contribution in [2.75, 3.05) is 39.4 Å². The molecular formula is C37H70B4N8O17. The number of likely N-dealkylation sites (tertiary alicyclic amines) is 4. The van der Waals surface area contributed by atoms with Crippen LogP contribution in [-0.2, 0) is 38.4 Å². The molecular weight excluding hydrogens is 872 g/mol. The third-order valence-electron chi connectivity index (χ3n) is 11.2. The van der Waals surface area contributed by atoms with Crippen LogP contribution in [0.25, 0.3) is 0 Å². The molecule has 0 aromatic rings. The molecule has 0 spiro atoms. The summed E-state index contributed by atoms with van der Waals surface area (Å²) in [5, 5.41) is 92.1. The van der Waals surface area contributed by atoms with Gasteiger partial charge >= 0.3 is 28.3 Å². The van der Waals surface area contributed by atoms with Crippen molar-refractivity contribution in [1.29, 1.82) is 0 Å². The molecule has 0 aromatic heterocycles. The molecule has 66 heavy (non-hydrogen) atoms. The average Bonchev–Trinajstić information content (AvgIpc) is 4.07. The Morgan fingerprint density at radius 2 is 0.697 bits per heavy atom. The number of rotatable bonds is 14. The van der Waals surface area contributed by atoms with Gasteiger partial charge in [0.15, 0.2) is 0 Å². The van der Waals surface area contributed by atoms with Crippen molar-refractivity contribution in [1.82, 2.24) is 40.9 Å². The lowest BCUT2D eigenvalue weighted by Crippen LogP contribution is -2.54. The summed E-state index contributed by atoms with van der Waals surface area (Å²) in [5.41, 5.74) is 0. The molecule has 0 bridgehead atoms. The fourth-order valence-corrected chi connectivity index (χ4v) is 8.19. The summed E-state index contributed by atoms with van der Waals surface area (Å²) < 4.78 is 0. The predicted molar refractivity (Wildman–Crippen MR) is 239 cm³/mol. The highest BCUT2D eigenvalue weighted by molar-refractivity contribution is 6.51. The Morgan fingerprint density at radius 1 is 0.455 bits per heavy atom. The van der Waals surface area contributed by atoms with Crippen molar-refractivity contribution in [2.45, 2.75) is 148 Å². The van der Waals surface area contributed by atoms with E-state index in [4.69, 9.17) is 40.4 Å². The molecule has 13 N–H and O–H groups in total. The van der Waals surface area contributed by atoms with Crippen molar-refractivity contribution in [2.24, 2.45) is 0 Å². The van der Waals surface area contributed by atoms with Crippen LogP contribution >= 0.6 is 0 Å². The van der Waals surface area contributed by atoms with Gasteiger partial charge in [-0.05, 0) is 65.2 Å². The lowest BCUT2D eigenvalue weighted by atomic mass is 9.62. The van der Waals surface area contributed by atoms with Crippen LogP contribution in [0.1, 0.15) is 92.9 Å². The smallest absolute Gasteiger partial charge is 0.449 e. The highest BCUT2D eigenvalue weighted by Crippen LogP contribution is 2.22. The Morgan fingerprint density at radius 3 is 0.924 bits per heavy atom. The van der Waals surface area contributed by atoms with Crippen LogP contribution in [0, 0.1) is 0 Å². The number of aliphatic hydroxyl groups is 2. The summed E-state index contributed by atoms with van der Waals surface area (Å²) >= 11 is 0. The third kappa shape index (κ3) is 19.1. The van der Waals surface area contributed by atoms with E-state index in [1.807, 2.05) is 0 Å². The quantitative estimate of drug-likeness (QED) is 0.0720. The molecule has 4 aliphatic heterocycles. The highest BCUT2D eigenvalue weighted by atomic mass is 16.4. The van der Waals surface area contributed by atoms with Crippen LogP contribution in [-0.4, -0.2) is 228 Å².